The van der Waals surface area contributed by atoms with Gasteiger partial charge < -0.3 is 10.1 Å². The molecule has 104 valence electrons. The number of nitrogens with one attached hydrogen (secondary N) is 2. The van der Waals surface area contributed by atoms with Gasteiger partial charge in [-0.2, -0.15) is 0 Å². The number of ether oxygens (including phenoxy) is 1. The molecule has 2 N–H and O–H groups in total. The van der Waals surface area contributed by atoms with E-state index in [1.165, 1.54) is 7.05 Å². The van der Waals surface area contributed by atoms with Crippen LogP contribution in [0.3, 0.4) is 0 Å². The number of anilines is 1. The molecule has 1 aromatic heterocycles. The number of carbonyl (C=O) groups is 1. The molecule has 2 aromatic rings. The number of rotatable bonds is 4. The van der Waals surface area contributed by atoms with Crippen LogP contribution >= 0.6 is 11.6 Å². The van der Waals surface area contributed by atoms with E-state index in [2.05, 4.69) is 15.6 Å². The summed E-state index contributed by atoms with van der Waals surface area (Å²) in [5.41, 5.74) is 0.865. The summed E-state index contributed by atoms with van der Waals surface area (Å²) in [6.45, 7) is 0.299. The molecule has 2 amide bonds. The molecular formula is C14H14ClN3O2. The molecular weight excluding hydrogens is 278 g/mol. The second-order valence-corrected chi connectivity index (χ2v) is 4.34. The van der Waals surface area contributed by atoms with Gasteiger partial charge in [-0.1, -0.05) is 29.8 Å². The average molecular weight is 292 g/mol. The van der Waals surface area contributed by atoms with E-state index in [1.54, 1.807) is 24.4 Å². The van der Waals surface area contributed by atoms with Crippen molar-refractivity contribution in [3.05, 3.63) is 53.2 Å². The van der Waals surface area contributed by atoms with Crippen LogP contribution in [-0.4, -0.2) is 18.1 Å². The average Bonchev–Trinajstić information content (AvgIpc) is 2.47. The van der Waals surface area contributed by atoms with E-state index >= 15 is 0 Å². The van der Waals surface area contributed by atoms with Crippen LogP contribution in [0.1, 0.15) is 5.56 Å². The van der Waals surface area contributed by atoms with Gasteiger partial charge in [-0.25, -0.2) is 9.78 Å². The Hall–Kier alpha value is -2.27. The van der Waals surface area contributed by atoms with Crippen LogP contribution in [0.2, 0.25) is 5.02 Å². The minimum Gasteiger partial charge on any atom is -0.485 e. The van der Waals surface area contributed by atoms with Gasteiger partial charge in [0.1, 0.15) is 6.61 Å². The number of hydrogen-bond acceptors (Lipinski definition) is 3. The molecule has 1 aromatic carbocycles. The molecule has 5 nitrogen and oxygen atoms in total. The molecule has 0 spiro atoms. The lowest BCUT2D eigenvalue weighted by Crippen LogP contribution is -2.25. The Morgan fingerprint density at radius 1 is 1.30 bits per heavy atom. The van der Waals surface area contributed by atoms with Gasteiger partial charge in [0.25, 0.3) is 0 Å². The van der Waals surface area contributed by atoms with Crippen molar-refractivity contribution in [1.82, 2.24) is 10.3 Å². The summed E-state index contributed by atoms with van der Waals surface area (Å²) in [7, 11) is 1.53. The van der Waals surface area contributed by atoms with Crippen molar-refractivity contribution in [1.29, 1.82) is 0 Å². The molecule has 20 heavy (non-hydrogen) atoms. The standard InChI is InChI=1S/C14H14ClN3O2/c1-16-14(19)18-13-12(7-4-8-17-13)20-9-10-5-2-3-6-11(10)15/h2-8H,9H2,1H3,(H2,16,17,18,19). The second-order valence-electron chi connectivity index (χ2n) is 3.93. The molecule has 0 aliphatic rings. The predicted molar refractivity (Wildman–Crippen MR) is 78.1 cm³/mol. The summed E-state index contributed by atoms with van der Waals surface area (Å²) in [4.78, 5) is 15.4. The molecule has 0 aliphatic carbocycles. The Morgan fingerprint density at radius 3 is 2.85 bits per heavy atom. The van der Waals surface area contributed by atoms with Gasteiger partial charge in [0, 0.05) is 23.8 Å². The van der Waals surface area contributed by atoms with Crippen LogP contribution in [0.5, 0.6) is 5.75 Å². The van der Waals surface area contributed by atoms with Crippen molar-refractivity contribution in [2.24, 2.45) is 0 Å². The van der Waals surface area contributed by atoms with E-state index in [9.17, 15) is 4.79 Å². The molecule has 2 rings (SSSR count). The van der Waals surface area contributed by atoms with Crippen LogP contribution < -0.4 is 15.4 Å². The first-order valence-electron chi connectivity index (χ1n) is 6.00. The Labute approximate surface area is 121 Å². The SMILES string of the molecule is CNC(=O)Nc1ncccc1OCc1ccccc1Cl. The minimum absolute atomic E-state index is 0.299. The number of carbonyl (C=O) groups excluding carboxylic acids is 1. The van der Waals surface area contributed by atoms with Gasteiger partial charge in [0.05, 0.1) is 0 Å². The van der Waals surface area contributed by atoms with Crippen LogP contribution in [0.4, 0.5) is 10.6 Å². The summed E-state index contributed by atoms with van der Waals surface area (Å²) < 4.78 is 5.66. The van der Waals surface area contributed by atoms with Crippen molar-refractivity contribution < 1.29 is 9.53 Å². The molecule has 0 fully saturated rings. The molecule has 6 heteroatoms. The van der Waals surface area contributed by atoms with Gasteiger partial charge in [0.2, 0.25) is 0 Å². The molecule has 0 unspecified atom stereocenters. The minimum atomic E-state index is -0.355. The number of urea groups is 1. The number of halogens is 1. The predicted octanol–water partition coefficient (Wildman–Crippen LogP) is 3.07. The largest absolute Gasteiger partial charge is 0.485 e. The number of pyridine rings is 1. The number of hydrogen-bond donors (Lipinski definition) is 2. The van der Waals surface area contributed by atoms with E-state index in [4.69, 9.17) is 16.3 Å². The lowest BCUT2D eigenvalue weighted by Gasteiger charge is -2.11. The molecule has 0 saturated heterocycles. The third-order valence-electron chi connectivity index (χ3n) is 2.57. The molecule has 0 atom stereocenters. The zero-order chi connectivity index (χ0) is 14.4. The monoisotopic (exact) mass is 291 g/mol. The molecule has 0 bridgehead atoms. The molecule has 1 heterocycles. The van der Waals surface area contributed by atoms with Gasteiger partial charge in [0.15, 0.2) is 11.6 Å². The van der Waals surface area contributed by atoms with E-state index < -0.39 is 0 Å². The lowest BCUT2D eigenvalue weighted by atomic mass is 10.2. The molecule has 0 radical (unpaired) electrons. The smallest absolute Gasteiger partial charge is 0.320 e. The van der Waals surface area contributed by atoms with Crippen molar-refractivity contribution in [2.75, 3.05) is 12.4 Å². The summed E-state index contributed by atoms with van der Waals surface area (Å²) in [5.74, 6) is 0.843. The maximum Gasteiger partial charge on any atom is 0.320 e. The highest BCUT2D eigenvalue weighted by molar-refractivity contribution is 6.31. The van der Waals surface area contributed by atoms with Crippen molar-refractivity contribution >= 4 is 23.4 Å². The first-order chi connectivity index (χ1) is 9.70. The Kier molecular flexibility index (Phi) is 4.79. The van der Waals surface area contributed by atoms with Crippen molar-refractivity contribution in [2.45, 2.75) is 6.61 Å². The van der Waals surface area contributed by atoms with Crippen LogP contribution in [0.25, 0.3) is 0 Å². The maximum atomic E-state index is 11.3. The van der Waals surface area contributed by atoms with Gasteiger partial charge in [-0.15, -0.1) is 0 Å². The highest BCUT2D eigenvalue weighted by Crippen LogP contribution is 2.23. The zero-order valence-corrected chi connectivity index (χ0v) is 11.6. The highest BCUT2D eigenvalue weighted by Gasteiger charge is 2.08. The van der Waals surface area contributed by atoms with Gasteiger partial charge in [-0.05, 0) is 18.2 Å². The van der Waals surface area contributed by atoms with Crippen LogP contribution in [0.15, 0.2) is 42.6 Å². The first-order valence-corrected chi connectivity index (χ1v) is 6.38. The first kappa shape index (κ1) is 14.1. The van der Waals surface area contributed by atoms with E-state index in [0.717, 1.165) is 5.56 Å². The zero-order valence-electron chi connectivity index (χ0n) is 10.9. The number of amides is 2. The summed E-state index contributed by atoms with van der Waals surface area (Å²) in [6.07, 6.45) is 1.58. The summed E-state index contributed by atoms with van der Waals surface area (Å²) >= 11 is 6.06. The fourth-order valence-electron chi connectivity index (χ4n) is 1.54. The Balaban J connectivity index is 2.10. The van der Waals surface area contributed by atoms with Crippen molar-refractivity contribution in [3.63, 3.8) is 0 Å². The van der Waals surface area contributed by atoms with Crippen LogP contribution in [0, 0.1) is 0 Å². The van der Waals surface area contributed by atoms with Crippen LogP contribution in [-0.2, 0) is 6.61 Å². The lowest BCUT2D eigenvalue weighted by molar-refractivity contribution is 0.253. The summed E-state index contributed by atoms with van der Waals surface area (Å²) in [6, 6.07) is 10.5. The van der Waals surface area contributed by atoms with Gasteiger partial charge >= 0.3 is 6.03 Å². The Bertz CT molecular complexity index is 604. The highest BCUT2D eigenvalue weighted by atomic mass is 35.5. The Morgan fingerprint density at radius 2 is 2.10 bits per heavy atom. The second kappa shape index (κ2) is 6.77. The fraction of sp³-hybridized carbons (Fsp3) is 0.143. The van der Waals surface area contributed by atoms with E-state index in [1.807, 2.05) is 18.2 Å². The third-order valence-corrected chi connectivity index (χ3v) is 2.94. The summed E-state index contributed by atoms with van der Waals surface area (Å²) in [5, 5.41) is 5.69. The molecule has 0 saturated carbocycles. The quantitative estimate of drug-likeness (QED) is 0.910. The number of benzene rings is 1. The maximum absolute atomic E-state index is 11.3. The van der Waals surface area contributed by atoms with E-state index in [0.29, 0.717) is 23.2 Å². The van der Waals surface area contributed by atoms with Gasteiger partial charge in [-0.3, -0.25) is 5.32 Å². The van der Waals surface area contributed by atoms with Crippen molar-refractivity contribution in [3.8, 4) is 5.75 Å². The van der Waals surface area contributed by atoms with E-state index in [-0.39, 0.29) is 6.03 Å². The number of nitrogens with zero attached hydrogens (tertiary/aromatic N) is 1. The topological polar surface area (TPSA) is 63.2 Å². The number of aromatic nitrogens is 1. The fourth-order valence-corrected chi connectivity index (χ4v) is 1.73. The normalized spacial score (nSPS) is 9.90. The molecule has 0 aliphatic heterocycles. The third kappa shape index (κ3) is 3.61.